The van der Waals surface area contributed by atoms with E-state index < -0.39 is 0 Å². The molecule has 1 unspecified atom stereocenters. The first-order valence-corrected chi connectivity index (χ1v) is 9.08. The number of rotatable bonds is 2. The van der Waals surface area contributed by atoms with Gasteiger partial charge in [-0.3, -0.25) is 9.89 Å². The second-order valence-corrected chi connectivity index (χ2v) is 7.11. The summed E-state index contributed by atoms with van der Waals surface area (Å²) in [5.41, 5.74) is 4.88. The quantitative estimate of drug-likeness (QED) is 0.563. The molecule has 0 aliphatic carbocycles. The number of benzene rings is 2. The lowest BCUT2D eigenvalue weighted by Crippen LogP contribution is -2.40. The zero-order valence-electron chi connectivity index (χ0n) is 14.6. The second-order valence-electron chi connectivity index (χ2n) is 7.11. The molecule has 5 nitrogen and oxygen atoms in total. The van der Waals surface area contributed by atoms with Crippen molar-refractivity contribution in [2.24, 2.45) is 5.92 Å². The maximum Gasteiger partial charge on any atom is 0.229 e. The molecular weight excluding hydrogens is 324 g/mol. The summed E-state index contributed by atoms with van der Waals surface area (Å²) in [7, 11) is 0. The molecule has 1 aliphatic rings. The fourth-order valence-electron chi connectivity index (χ4n) is 3.89. The van der Waals surface area contributed by atoms with Crippen molar-refractivity contribution in [1.82, 2.24) is 15.2 Å². The van der Waals surface area contributed by atoms with Gasteiger partial charge < -0.3 is 9.88 Å². The molecule has 130 valence electrons. The van der Waals surface area contributed by atoms with Crippen LogP contribution in [0.3, 0.4) is 0 Å². The van der Waals surface area contributed by atoms with Gasteiger partial charge in [-0.15, -0.1) is 0 Å². The predicted octanol–water partition coefficient (Wildman–Crippen LogP) is 4.47. The summed E-state index contributed by atoms with van der Waals surface area (Å²) < 4.78 is 0. The number of fused-ring (bicyclic) bond motifs is 2. The minimum absolute atomic E-state index is 0.0944. The topological polar surface area (TPSA) is 64.8 Å². The van der Waals surface area contributed by atoms with Gasteiger partial charge in [0.05, 0.1) is 11.2 Å². The largest absolute Gasteiger partial charge is 0.353 e. The molecule has 4 aromatic rings. The van der Waals surface area contributed by atoms with Crippen molar-refractivity contribution in [2.75, 3.05) is 11.4 Å². The lowest BCUT2D eigenvalue weighted by Gasteiger charge is -2.30. The molecule has 1 aliphatic heterocycles. The summed E-state index contributed by atoms with van der Waals surface area (Å²) >= 11 is 0. The molecule has 1 atom stereocenters. The van der Waals surface area contributed by atoms with Gasteiger partial charge in [-0.05, 0) is 43.2 Å². The van der Waals surface area contributed by atoms with Gasteiger partial charge >= 0.3 is 0 Å². The Morgan fingerprint density at radius 1 is 1.12 bits per heavy atom. The van der Waals surface area contributed by atoms with E-state index in [9.17, 15) is 4.79 Å². The first-order valence-electron chi connectivity index (χ1n) is 9.08. The first-order chi connectivity index (χ1) is 12.7. The number of para-hydroxylation sites is 1. The van der Waals surface area contributed by atoms with Crippen LogP contribution in [-0.4, -0.2) is 27.6 Å². The SMILES string of the molecule is CC1CCCN(c2ccc3[nH]nc(-c4cc5ccccc5[nH]4)c3c2)C1=O. The standard InChI is InChI=1S/C21H20N4O/c1-13-5-4-10-25(21(13)26)15-8-9-18-16(12-15)20(24-23-18)19-11-14-6-2-3-7-17(14)22-19/h2-3,6-9,11-13,22H,4-5,10H2,1H3,(H,23,24). The molecule has 1 amide bonds. The highest BCUT2D eigenvalue weighted by Crippen LogP contribution is 2.32. The Hall–Kier alpha value is -3.08. The monoisotopic (exact) mass is 344 g/mol. The fraction of sp³-hybridized carbons (Fsp3) is 0.238. The molecule has 2 aromatic heterocycles. The number of hydrogen-bond acceptors (Lipinski definition) is 2. The Balaban J connectivity index is 1.62. The molecule has 3 heterocycles. The summed E-state index contributed by atoms with van der Waals surface area (Å²) in [6, 6.07) is 16.4. The summed E-state index contributed by atoms with van der Waals surface area (Å²) in [6.45, 7) is 2.80. The van der Waals surface area contributed by atoms with E-state index in [0.717, 1.165) is 58.3 Å². The molecular formula is C21H20N4O. The zero-order valence-corrected chi connectivity index (χ0v) is 14.6. The number of H-pyrrole nitrogens is 2. The van der Waals surface area contributed by atoms with E-state index in [1.165, 1.54) is 0 Å². The van der Waals surface area contributed by atoms with Crippen LogP contribution in [0.15, 0.2) is 48.5 Å². The van der Waals surface area contributed by atoms with E-state index in [0.29, 0.717) is 0 Å². The highest BCUT2D eigenvalue weighted by Gasteiger charge is 2.26. The highest BCUT2D eigenvalue weighted by molar-refractivity contribution is 6.01. The number of piperidine rings is 1. The summed E-state index contributed by atoms with van der Waals surface area (Å²) in [5, 5.41) is 9.82. The van der Waals surface area contributed by atoms with Crippen molar-refractivity contribution >= 4 is 33.4 Å². The minimum atomic E-state index is 0.0944. The van der Waals surface area contributed by atoms with Crippen molar-refractivity contribution in [3.63, 3.8) is 0 Å². The molecule has 2 aromatic carbocycles. The third kappa shape index (κ3) is 2.31. The Morgan fingerprint density at radius 3 is 2.88 bits per heavy atom. The zero-order chi connectivity index (χ0) is 17.7. The number of carbonyl (C=O) groups excluding carboxylic acids is 1. The van der Waals surface area contributed by atoms with Crippen molar-refractivity contribution in [3.05, 3.63) is 48.5 Å². The second kappa shape index (κ2) is 5.73. The Kier molecular flexibility index (Phi) is 3.35. The Labute approximate surface area is 151 Å². The summed E-state index contributed by atoms with van der Waals surface area (Å²) in [4.78, 5) is 17.9. The number of aromatic nitrogens is 3. The Bertz CT molecular complexity index is 1090. The smallest absolute Gasteiger partial charge is 0.229 e. The van der Waals surface area contributed by atoms with Crippen LogP contribution >= 0.6 is 0 Å². The minimum Gasteiger partial charge on any atom is -0.353 e. The Morgan fingerprint density at radius 2 is 2.00 bits per heavy atom. The molecule has 0 bridgehead atoms. The van der Waals surface area contributed by atoms with Crippen LogP contribution in [0.5, 0.6) is 0 Å². The molecule has 26 heavy (non-hydrogen) atoms. The maximum absolute atomic E-state index is 12.6. The number of aromatic amines is 2. The molecule has 0 radical (unpaired) electrons. The molecule has 5 rings (SSSR count). The van der Waals surface area contributed by atoms with E-state index in [4.69, 9.17) is 0 Å². The summed E-state index contributed by atoms with van der Waals surface area (Å²) in [5.74, 6) is 0.309. The fourth-order valence-corrected chi connectivity index (χ4v) is 3.89. The molecule has 1 fully saturated rings. The van der Waals surface area contributed by atoms with Gasteiger partial charge in [-0.2, -0.15) is 5.10 Å². The normalized spacial score (nSPS) is 18.1. The van der Waals surface area contributed by atoms with E-state index in [1.807, 2.05) is 36.1 Å². The third-order valence-corrected chi connectivity index (χ3v) is 5.35. The van der Waals surface area contributed by atoms with E-state index in [2.05, 4.69) is 39.4 Å². The number of nitrogens with zero attached hydrogens (tertiary/aromatic N) is 2. The van der Waals surface area contributed by atoms with Crippen LogP contribution in [0, 0.1) is 5.92 Å². The number of amides is 1. The van der Waals surface area contributed by atoms with Gasteiger partial charge in [-0.1, -0.05) is 25.1 Å². The van der Waals surface area contributed by atoms with Gasteiger partial charge in [0.15, 0.2) is 0 Å². The average Bonchev–Trinajstić information content (AvgIpc) is 3.26. The van der Waals surface area contributed by atoms with Crippen LogP contribution in [0.1, 0.15) is 19.8 Å². The van der Waals surface area contributed by atoms with Crippen molar-refractivity contribution in [2.45, 2.75) is 19.8 Å². The van der Waals surface area contributed by atoms with Gasteiger partial charge in [0.1, 0.15) is 5.69 Å². The number of anilines is 1. The van der Waals surface area contributed by atoms with Gasteiger partial charge in [0.2, 0.25) is 5.91 Å². The molecule has 2 N–H and O–H groups in total. The summed E-state index contributed by atoms with van der Waals surface area (Å²) in [6.07, 6.45) is 2.02. The lowest BCUT2D eigenvalue weighted by molar-refractivity contribution is -0.123. The number of hydrogen-bond donors (Lipinski definition) is 2. The molecule has 0 saturated carbocycles. The van der Waals surface area contributed by atoms with Crippen molar-refractivity contribution < 1.29 is 4.79 Å². The highest BCUT2D eigenvalue weighted by atomic mass is 16.2. The van der Waals surface area contributed by atoms with Crippen LogP contribution in [-0.2, 0) is 4.79 Å². The molecule has 1 saturated heterocycles. The first kappa shape index (κ1) is 15.2. The third-order valence-electron chi connectivity index (χ3n) is 5.35. The predicted molar refractivity (Wildman–Crippen MR) is 104 cm³/mol. The number of carbonyl (C=O) groups is 1. The van der Waals surface area contributed by atoms with Gasteiger partial charge in [0.25, 0.3) is 0 Å². The maximum atomic E-state index is 12.6. The van der Waals surface area contributed by atoms with Crippen LogP contribution in [0.2, 0.25) is 0 Å². The van der Waals surface area contributed by atoms with E-state index in [-0.39, 0.29) is 11.8 Å². The lowest BCUT2D eigenvalue weighted by atomic mass is 9.98. The average molecular weight is 344 g/mol. The van der Waals surface area contributed by atoms with Crippen LogP contribution in [0.4, 0.5) is 5.69 Å². The van der Waals surface area contributed by atoms with Crippen LogP contribution in [0.25, 0.3) is 33.2 Å². The van der Waals surface area contributed by atoms with Gasteiger partial charge in [-0.25, -0.2) is 0 Å². The van der Waals surface area contributed by atoms with Gasteiger partial charge in [0, 0.05) is 34.4 Å². The van der Waals surface area contributed by atoms with Crippen LogP contribution < -0.4 is 4.90 Å². The van der Waals surface area contributed by atoms with E-state index in [1.54, 1.807) is 0 Å². The van der Waals surface area contributed by atoms with E-state index >= 15 is 0 Å². The molecule has 5 heteroatoms. The van der Waals surface area contributed by atoms with Crippen molar-refractivity contribution in [3.8, 4) is 11.4 Å². The van der Waals surface area contributed by atoms with Crippen molar-refractivity contribution in [1.29, 1.82) is 0 Å². The number of nitrogens with one attached hydrogen (secondary N) is 2. The molecule has 0 spiro atoms.